The highest BCUT2D eigenvalue weighted by atomic mass is 16.5. The summed E-state index contributed by atoms with van der Waals surface area (Å²) in [6.07, 6.45) is 3.40. The van der Waals surface area contributed by atoms with E-state index in [4.69, 9.17) is 20.2 Å². The molecule has 2 fully saturated rings. The molecule has 2 aromatic carbocycles. The van der Waals surface area contributed by atoms with Crippen LogP contribution in [0.15, 0.2) is 36.4 Å². The predicted octanol–water partition coefficient (Wildman–Crippen LogP) is 3.33. The molecule has 3 aliphatic rings. The van der Waals surface area contributed by atoms with Gasteiger partial charge in [-0.15, -0.1) is 0 Å². The molecule has 2 N–H and O–H groups in total. The zero-order chi connectivity index (χ0) is 22.4. The summed E-state index contributed by atoms with van der Waals surface area (Å²) in [4.78, 5) is 14.1. The molecule has 0 radical (unpaired) electrons. The number of ether oxygens (including phenoxy) is 2. The Morgan fingerprint density at radius 1 is 1.18 bits per heavy atom. The number of hydrogen-bond donors (Lipinski definition) is 1. The molecule has 172 valence electrons. The van der Waals surface area contributed by atoms with E-state index in [0.717, 1.165) is 50.3 Å². The summed E-state index contributed by atoms with van der Waals surface area (Å²) in [6.45, 7) is 7.34. The van der Waals surface area contributed by atoms with Gasteiger partial charge in [0.05, 0.1) is 31.6 Å². The van der Waals surface area contributed by atoms with E-state index in [-0.39, 0.29) is 0 Å². The van der Waals surface area contributed by atoms with Crippen LogP contribution in [0.5, 0.6) is 6.01 Å². The van der Waals surface area contributed by atoms with Crippen molar-refractivity contribution in [2.75, 3.05) is 43.5 Å². The van der Waals surface area contributed by atoms with Crippen molar-refractivity contribution in [1.29, 1.82) is 0 Å². The van der Waals surface area contributed by atoms with Crippen molar-refractivity contribution in [3.05, 3.63) is 53.2 Å². The average molecular weight is 446 g/mol. The van der Waals surface area contributed by atoms with E-state index in [1.54, 1.807) is 0 Å². The van der Waals surface area contributed by atoms with Gasteiger partial charge >= 0.3 is 6.01 Å². The van der Waals surface area contributed by atoms with Crippen LogP contribution < -0.4 is 15.4 Å². The number of rotatable bonds is 6. The minimum absolute atomic E-state index is 0.397. The number of nitrogens with two attached hydrogens (primary N) is 1. The fourth-order valence-corrected chi connectivity index (χ4v) is 5.66. The highest BCUT2D eigenvalue weighted by Crippen LogP contribution is 2.34. The lowest BCUT2D eigenvalue weighted by molar-refractivity contribution is 0.0287. The second kappa shape index (κ2) is 8.47. The summed E-state index contributed by atoms with van der Waals surface area (Å²) in [5.74, 6) is 0.553. The molecule has 0 spiro atoms. The van der Waals surface area contributed by atoms with Crippen molar-refractivity contribution in [3.8, 4) is 6.01 Å². The average Bonchev–Trinajstić information content (AvgIpc) is 3.45. The van der Waals surface area contributed by atoms with Gasteiger partial charge in [0.1, 0.15) is 5.82 Å². The Labute approximate surface area is 194 Å². The monoisotopic (exact) mass is 445 g/mol. The number of aromatic nitrogens is 2. The normalized spacial score (nSPS) is 22.2. The van der Waals surface area contributed by atoms with Crippen molar-refractivity contribution in [3.63, 3.8) is 0 Å². The van der Waals surface area contributed by atoms with E-state index >= 15 is 0 Å². The third kappa shape index (κ3) is 3.89. The van der Waals surface area contributed by atoms with Crippen molar-refractivity contribution >= 4 is 22.3 Å². The van der Waals surface area contributed by atoms with Crippen LogP contribution in [0.2, 0.25) is 0 Å². The molecular formula is C26H31N5O2. The van der Waals surface area contributed by atoms with Gasteiger partial charge in [0.2, 0.25) is 0 Å². The van der Waals surface area contributed by atoms with Gasteiger partial charge in [-0.3, -0.25) is 4.90 Å². The molecule has 0 unspecified atom stereocenters. The summed E-state index contributed by atoms with van der Waals surface area (Å²) in [5.41, 5.74) is 10.9. The lowest BCUT2D eigenvalue weighted by Crippen LogP contribution is -2.38. The van der Waals surface area contributed by atoms with Crippen molar-refractivity contribution in [2.45, 2.75) is 44.9 Å². The Morgan fingerprint density at radius 3 is 2.88 bits per heavy atom. The van der Waals surface area contributed by atoms with Gasteiger partial charge in [-0.05, 0) is 43.2 Å². The van der Waals surface area contributed by atoms with E-state index in [1.807, 2.05) is 0 Å². The maximum Gasteiger partial charge on any atom is 0.318 e. The SMILES string of the molecule is Cc1cccc2cccc(N3CCc4c(N)nc(OCCCN5C[C@@H]6C[C@H]5CO6)nc4C3)c12. The first-order valence-corrected chi connectivity index (χ1v) is 12.0. The number of morpholine rings is 1. The molecule has 0 aliphatic carbocycles. The zero-order valence-electron chi connectivity index (χ0n) is 19.2. The molecule has 4 heterocycles. The van der Waals surface area contributed by atoms with E-state index < -0.39 is 0 Å². The smallest absolute Gasteiger partial charge is 0.318 e. The van der Waals surface area contributed by atoms with Crippen LogP contribution in [0, 0.1) is 6.92 Å². The first kappa shape index (κ1) is 20.7. The summed E-state index contributed by atoms with van der Waals surface area (Å²) in [5, 5.41) is 2.57. The molecule has 3 aromatic rings. The lowest BCUT2D eigenvalue weighted by Gasteiger charge is -2.31. The highest BCUT2D eigenvalue weighted by molar-refractivity contribution is 5.97. The Morgan fingerprint density at radius 2 is 2.06 bits per heavy atom. The van der Waals surface area contributed by atoms with Crippen LogP contribution in [0.25, 0.3) is 10.8 Å². The Balaban J connectivity index is 1.15. The van der Waals surface area contributed by atoms with Gasteiger partial charge in [0.15, 0.2) is 0 Å². The second-order valence-electron chi connectivity index (χ2n) is 9.48. The fourth-order valence-electron chi connectivity index (χ4n) is 5.66. The first-order chi connectivity index (χ1) is 16.2. The molecule has 2 bridgehead atoms. The van der Waals surface area contributed by atoms with E-state index in [2.05, 4.69) is 58.1 Å². The largest absolute Gasteiger partial charge is 0.463 e. The molecular weight excluding hydrogens is 414 g/mol. The summed E-state index contributed by atoms with van der Waals surface area (Å²) >= 11 is 0. The van der Waals surface area contributed by atoms with Gasteiger partial charge in [-0.25, -0.2) is 0 Å². The highest BCUT2D eigenvalue weighted by Gasteiger charge is 2.38. The molecule has 33 heavy (non-hydrogen) atoms. The minimum Gasteiger partial charge on any atom is -0.463 e. The third-order valence-corrected chi connectivity index (χ3v) is 7.34. The molecule has 1 aromatic heterocycles. The van der Waals surface area contributed by atoms with Crippen LogP contribution in [-0.2, 0) is 17.7 Å². The number of nitrogens with zero attached hydrogens (tertiary/aromatic N) is 4. The van der Waals surface area contributed by atoms with Gasteiger partial charge in [0, 0.05) is 42.3 Å². The molecule has 3 aliphatic heterocycles. The molecule has 0 saturated carbocycles. The van der Waals surface area contributed by atoms with Crippen molar-refractivity contribution in [2.24, 2.45) is 0 Å². The summed E-state index contributed by atoms with van der Waals surface area (Å²) in [6, 6.07) is 14.0. The number of fused-ring (bicyclic) bond motifs is 4. The maximum absolute atomic E-state index is 6.31. The topological polar surface area (TPSA) is 76.7 Å². The number of benzene rings is 2. The van der Waals surface area contributed by atoms with Crippen LogP contribution in [0.3, 0.4) is 0 Å². The maximum atomic E-state index is 6.31. The van der Waals surface area contributed by atoms with Crippen LogP contribution in [0.1, 0.15) is 29.7 Å². The van der Waals surface area contributed by atoms with Crippen molar-refractivity contribution in [1.82, 2.24) is 14.9 Å². The van der Waals surface area contributed by atoms with E-state index in [1.165, 1.54) is 28.4 Å². The molecule has 0 amide bonds. The molecule has 6 rings (SSSR count). The number of anilines is 2. The molecule has 7 heteroatoms. The molecule has 2 atom stereocenters. The number of nitrogen functional groups attached to an aromatic ring is 1. The van der Waals surface area contributed by atoms with Gasteiger partial charge in [-0.1, -0.05) is 30.3 Å². The fraction of sp³-hybridized carbons (Fsp3) is 0.462. The minimum atomic E-state index is 0.397. The standard InChI is InChI=1S/C26H31N5O2/c1-17-5-2-6-18-7-3-8-23(24(17)18)31-11-9-21-22(15-31)28-26(29-25(21)27)32-12-4-10-30-14-20-13-19(30)16-33-20/h2-3,5-8,19-20H,4,9-16H2,1H3,(H2,27,28,29)/t19-,20-/m0/s1. The third-order valence-electron chi connectivity index (χ3n) is 7.34. The number of aryl methyl sites for hydroxylation is 1. The summed E-state index contributed by atoms with van der Waals surface area (Å²) < 4.78 is 11.6. The lowest BCUT2D eigenvalue weighted by atomic mass is 10.00. The quantitative estimate of drug-likeness (QED) is 0.583. The van der Waals surface area contributed by atoms with E-state index in [9.17, 15) is 0 Å². The Bertz CT molecular complexity index is 1180. The van der Waals surface area contributed by atoms with Crippen LogP contribution in [0.4, 0.5) is 11.5 Å². The number of hydrogen-bond acceptors (Lipinski definition) is 7. The Kier molecular flexibility index (Phi) is 5.31. The summed E-state index contributed by atoms with van der Waals surface area (Å²) in [7, 11) is 0. The van der Waals surface area contributed by atoms with Crippen molar-refractivity contribution < 1.29 is 9.47 Å². The molecule has 2 saturated heterocycles. The van der Waals surface area contributed by atoms with Gasteiger partial charge in [-0.2, -0.15) is 9.97 Å². The van der Waals surface area contributed by atoms with Gasteiger partial charge < -0.3 is 20.1 Å². The van der Waals surface area contributed by atoms with Crippen LogP contribution >= 0.6 is 0 Å². The number of likely N-dealkylation sites (tertiary alicyclic amines) is 1. The second-order valence-corrected chi connectivity index (χ2v) is 9.48. The van der Waals surface area contributed by atoms with Crippen LogP contribution in [-0.4, -0.2) is 59.9 Å². The predicted molar refractivity (Wildman–Crippen MR) is 130 cm³/mol. The van der Waals surface area contributed by atoms with E-state index in [0.29, 0.717) is 37.1 Å². The first-order valence-electron chi connectivity index (χ1n) is 12.0. The zero-order valence-corrected chi connectivity index (χ0v) is 19.2. The molecule has 7 nitrogen and oxygen atoms in total. The van der Waals surface area contributed by atoms with Gasteiger partial charge in [0.25, 0.3) is 0 Å². The Hall–Kier alpha value is -2.90.